The van der Waals surface area contributed by atoms with Crippen LogP contribution in [0.2, 0.25) is 0 Å². The molecule has 0 aromatic heterocycles. The first-order chi connectivity index (χ1) is 7.19. The van der Waals surface area contributed by atoms with Crippen molar-refractivity contribution in [1.82, 2.24) is 0 Å². The van der Waals surface area contributed by atoms with Gasteiger partial charge < -0.3 is 4.74 Å². The third-order valence-corrected chi connectivity index (χ3v) is 3.34. The maximum absolute atomic E-state index is 13.5. The van der Waals surface area contributed by atoms with Gasteiger partial charge in [0.25, 0.3) is 0 Å². The van der Waals surface area contributed by atoms with Crippen LogP contribution in [0.3, 0.4) is 0 Å². The van der Waals surface area contributed by atoms with Gasteiger partial charge in [0.15, 0.2) is 11.6 Å². The van der Waals surface area contributed by atoms with Gasteiger partial charge >= 0.3 is 0 Å². The average molecular weight is 275 g/mol. The normalized spacial score (nSPS) is 12.5. The second-order valence-electron chi connectivity index (χ2n) is 3.63. The molecule has 0 saturated carbocycles. The lowest BCUT2D eigenvalue weighted by Crippen LogP contribution is -2.13. The molecule has 1 rings (SSSR count). The number of halogens is 2. The molecule has 0 fully saturated rings. The van der Waals surface area contributed by atoms with Crippen molar-refractivity contribution < 1.29 is 9.13 Å². The summed E-state index contributed by atoms with van der Waals surface area (Å²) in [5, 5.41) is 0.886. The molecule has 0 N–H and O–H groups in total. The highest BCUT2D eigenvalue weighted by atomic mass is 79.9. The highest BCUT2D eigenvalue weighted by Crippen LogP contribution is 2.20. The fourth-order valence-electron chi connectivity index (χ4n) is 1.21. The Balaban J connectivity index is 2.61. The summed E-state index contributed by atoms with van der Waals surface area (Å²) in [5.74, 6) is 0.543. The van der Waals surface area contributed by atoms with Crippen LogP contribution in [-0.2, 0) is 0 Å². The van der Waals surface area contributed by atoms with E-state index in [1.165, 1.54) is 0 Å². The van der Waals surface area contributed by atoms with Gasteiger partial charge in [-0.2, -0.15) is 0 Å². The van der Waals surface area contributed by atoms with Gasteiger partial charge in [-0.25, -0.2) is 4.39 Å². The van der Waals surface area contributed by atoms with Crippen LogP contribution >= 0.6 is 15.9 Å². The average Bonchev–Trinajstić information content (AvgIpc) is 2.25. The molecule has 1 aromatic rings. The molecule has 0 aliphatic heterocycles. The van der Waals surface area contributed by atoms with E-state index in [-0.39, 0.29) is 5.82 Å². The molecule has 0 radical (unpaired) electrons. The fraction of sp³-hybridized carbons (Fsp3) is 0.500. The highest BCUT2D eigenvalue weighted by molar-refractivity contribution is 9.09. The zero-order valence-corrected chi connectivity index (χ0v) is 10.7. The molecule has 84 valence electrons. The second-order valence-corrected chi connectivity index (χ2v) is 4.27. The summed E-state index contributed by atoms with van der Waals surface area (Å²) in [7, 11) is 0. The third kappa shape index (κ3) is 3.49. The first-order valence-electron chi connectivity index (χ1n) is 5.12. The van der Waals surface area contributed by atoms with Crippen molar-refractivity contribution in [2.24, 2.45) is 5.92 Å². The molecule has 1 nitrogen and oxygen atoms in total. The molecule has 1 unspecified atom stereocenters. The van der Waals surface area contributed by atoms with Crippen molar-refractivity contribution >= 4 is 15.9 Å². The molecule has 0 aliphatic rings. The first-order valence-corrected chi connectivity index (χ1v) is 6.25. The Morgan fingerprint density at radius 1 is 1.47 bits per heavy atom. The largest absolute Gasteiger partial charge is 0.490 e. The van der Waals surface area contributed by atoms with Gasteiger partial charge in [0, 0.05) is 11.2 Å². The number of rotatable bonds is 5. The Kier molecular flexibility index (Phi) is 5.09. The maximum atomic E-state index is 13.5. The summed E-state index contributed by atoms with van der Waals surface area (Å²) in [5.41, 5.74) is 0.624. The first kappa shape index (κ1) is 12.5. The van der Waals surface area contributed by atoms with Gasteiger partial charge in [-0.3, -0.25) is 0 Å². The Morgan fingerprint density at radius 3 is 2.80 bits per heavy atom. The number of hydrogen-bond donors (Lipinski definition) is 0. The number of hydrogen-bond acceptors (Lipinski definition) is 1. The smallest absolute Gasteiger partial charge is 0.167 e. The van der Waals surface area contributed by atoms with E-state index in [0.717, 1.165) is 11.8 Å². The lowest BCUT2D eigenvalue weighted by molar-refractivity contribution is 0.249. The lowest BCUT2D eigenvalue weighted by atomic mass is 10.1. The maximum Gasteiger partial charge on any atom is 0.167 e. The minimum Gasteiger partial charge on any atom is -0.490 e. The zero-order chi connectivity index (χ0) is 11.3. The molecular weight excluding hydrogens is 259 g/mol. The fourth-order valence-corrected chi connectivity index (χ4v) is 1.86. The molecule has 0 heterocycles. The van der Waals surface area contributed by atoms with Gasteiger partial charge in [0.1, 0.15) is 0 Å². The van der Waals surface area contributed by atoms with E-state index >= 15 is 0 Å². The van der Waals surface area contributed by atoms with Crippen LogP contribution in [0, 0.1) is 18.7 Å². The summed E-state index contributed by atoms with van der Waals surface area (Å²) < 4.78 is 19.0. The van der Waals surface area contributed by atoms with Crippen molar-refractivity contribution in [2.75, 3.05) is 11.9 Å². The summed E-state index contributed by atoms with van der Waals surface area (Å²) in [6, 6.07) is 5.22. The monoisotopic (exact) mass is 274 g/mol. The van der Waals surface area contributed by atoms with Crippen molar-refractivity contribution in [1.29, 1.82) is 0 Å². The lowest BCUT2D eigenvalue weighted by Gasteiger charge is -2.14. The minimum absolute atomic E-state index is 0.248. The number of aryl methyl sites for hydroxylation is 1. The summed E-state index contributed by atoms with van der Waals surface area (Å²) in [4.78, 5) is 0. The van der Waals surface area contributed by atoms with Gasteiger partial charge in [-0.1, -0.05) is 35.0 Å². The summed E-state index contributed by atoms with van der Waals surface area (Å²) in [6.07, 6.45) is 1.03. The van der Waals surface area contributed by atoms with E-state index < -0.39 is 0 Å². The Labute approximate surface area is 98.8 Å². The van der Waals surface area contributed by atoms with Crippen molar-refractivity contribution in [3.63, 3.8) is 0 Å². The zero-order valence-electron chi connectivity index (χ0n) is 9.09. The molecule has 0 aliphatic carbocycles. The standard InChI is InChI=1S/C12H16BrFO/c1-3-10(7-13)8-15-11-6-4-5-9(2)12(11)14/h4-6,10H,3,7-8H2,1-2H3. The topological polar surface area (TPSA) is 9.23 Å². The van der Waals surface area contributed by atoms with Crippen LogP contribution in [0.25, 0.3) is 0 Å². The number of ether oxygens (including phenoxy) is 1. The predicted molar refractivity (Wildman–Crippen MR) is 64.2 cm³/mol. The van der Waals surface area contributed by atoms with Gasteiger partial charge in [0.2, 0.25) is 0 Å². The molecule has 1 aromatic carbocycles. The summed E-state index contributed by atoms with van der Waals surface area (Å²) in [6.45, 7) is 4.40. The molecule has 0 amide bonds. The Morgan fingerprint density at radius 2 is 2.20 bits per heavy atom. The van der Waals surface area contributed by atoms with Crippen molar-refractivity contribution in [3.8, 4) is 5.75 Å². The molecular formula is C12H16BrFO. The van der Waals surface area contributed by atoms with E-state index in [1.54, 1.807) is 19.1 Å². The minimum atomic E-state index is -0.248. The van der Waals surface area contributed by atoms with Gasteiger partial charge in [-0.15, -0.1) is 0 Å². The van der Waals surface area contributed by atoms with E-state index in [9.17, 15) is 4.39 Å². The van der Waals surface area contributed by atoms with E-state index in [2.05, 4.69) is 22.9 Å². The molecule has 1 atom stereocenters. The third-order valence-electron chi connectivity index (χ3n) is 2.43. The van der Waals surface area contributed by atoms with Crippen molar-refractivity contribution in [2.45, 2.75) is 20.3 Å². The molecule has 15 heavy (non-hydrogen) atoms. The van der Waals surface area contributed by atoms with Crippen LogP contribution < -0.4 is 4.74 Å². The predicted octanol–water partition coefficient (Wildman–Crippen LogP) is 3.93. The van der Waals surface area contributed by atoms with Crippen molar-refractivity contribution in [3.05, 3.63) is 29.6 Å². The number of benzene rings is 1. The molecule has 0 bridgehead atoms. The highest BCUT2D eigenvalue weighted by Gasteiger charge is 2.09. The second kappa shape index (κ2) is 6.11. The molecule has 0 saturated heterocycles. The summed E-state index contributed by atoms with van der Waals surface area (Å²) >= 11 is 3.41. The SMILES string of the molecule is CCC(CBr)COc1cccc(C)c1F. The van der Waals surface area contributed by atoms with Crippen LogP contribution in [0.4, 0.5) is 4.39 Å². The molecule has 3 heteroatoms. The van der Waals surface area contributed by atoms with Crippen LogP contribution in [0.1, 0.15) is 18.9 Å². The van der Waals surface area contributed by atoms with Crippen LogP contribution in [-0.4, -0.2) is 11.9 Å². The number of alkyl halides is 1. The quantitative estimate of drug-likeness (QED) is 0.740. The molecule has 0 spiro atoms. The Hall–Kier alpha value is -0.570. The van der Waals surface area contributed by atoms with Crippen LogP contribution in [0.15, 0.2) is 18.2 Å². The Bertz CT molecular complexity index is 310. The van der Waals surface area contributed by atoms with Gasteiger partial charge in [0.05, 0.1) is 6.61 Å². The van der Waals surface area contributed by atoms with Crippen LogP contribution in [0.5, 0.6) is 5.75 Å². The van der Waals surface area contributed by atoms with Gasteiger partial charge in [-0.05, 0) is 25.0 Å². The van der Waals surface area contributed by atoms with E-state index in [4.69, 9.17) is 4.74 Å². The van der Waals surface area contributed by atoms with E-state index in [1.807, 2.05) is 6.07 Å². The van der Waals surface area contributed by atoms with E-state index in [0.29, 0.717) is 23.8 Å².